The fourth-order valence-corrected chi connectivity index (χ4v) is 3.22. The van der Waals surface area contributed by atoms with E-state index in [4.69, 9.17) is 14.5 Å². The molecule has 8 nitrogen and oxygen atoms in total. The van der Waals surface area contributed by atoms with Gasteiger partial charge in [0.1, 0.15) is 0 Å². The van der Waals surface area contributed by atoms with E-state index in [1.54, 1.807) is 0 Å². The maximum Gasteiger partial charge on any atom is 0.166 e. The largest absolute Gasteiger partial charge is 0.759 e. The van der Waals surface area contributed by atoms with Gasteiger partial charge in [0, 0.05) is 25.7 Å². The Hall–Kier alpha value is -3.02. The number of fused-ring (bicyclic) bond motifs is 7. The van der Waals surface area contributed by atoms with E-state index in [9.17, 15) is 21.7 Å². The van der Waals surface area contributed by atoms with Crippen LogP contribution in [0.3, 0.4) is 0 Å². The first-order valence-electron chi connectivity index (χ1n) is 11.0. The second kappa shape index (κ2) is 10.7. The lowest BCUT2D eigenvalue weighted by molar-refractivity contribution is 0.382. The molecule has 1 N–H and O–H groups in total. The van der Waals surface area contributed by atoms with Crippen molar-refractivity contribution in [3.05, 3.63) is 72.8 Å². The predicted molar refractivity (Wildman–Crippen MR) is 142 cm³/mol. The molecule has 0 radical (unpaired) electrons. The highest BCUT2D eigenvalue weighted by atomic mass is 33.2. The molecule has 0 amide bonds. The van der Waals surface area contributed by atoms with Crippen molar-refractivity contribution in [1.82, 2.24) is 9.97 Å². The molecule has 1 aromatic heterocycles. The lowest BCUT2D eigenvalue weighted by Gasteiger charge is -2.39. The second-order valence-corrected chi connectivity index (χ2v) is 13.5. The van der Waals surface area contributed by atoms with Gasteiger partial charge in [-0.05, 0) is 22.9 Å². The molecular formula is C25H28N2O6S2-2. The Balaban J connectivity index is 0.000000284. The molecule has 0 saturated heterocycles. The van der Waals surface area contributed by atoms with Gasteiger partial charge < -0.3 is 13.7 Å². The van der Waals surface area contributed by atoms with Gasteiger partial charge in [-0.25, -0.2) is 18.4 Å². The number of para-hydroxylation sites is 2. The first kappa shape index (κ1) is 28.2. The Bertz CT molecular complexity index is 1560. The number of hydrogen-bond donors (Lipinski definition) is 1. The monoisotopic (exact) mass is 516 g/mol. The molecule has 5 aromatic rings. The average Bonchev–Trinajstić information content (AvgIpc) is 2.84. The molecule has 0 bridgehead atoms. The summed E-state index contributed by atoms with van der Waals surface area (Å²) in [6.45, 7) is 8.00. The molecule has 0 spiro atoms. The summed E-state index contributed by atoms with van der Waals surface area (Å²) in [6, 6.07) is 24.9. The van der Waals surface area contributed by atoms with Gasteiger partial charge in [-0.1, -0.05) is 88.4 Å². The first-order valence-corrected chi connectivity index (χ1v) is 15.1. The summed E-state index contributed by atoms with van der Waals surface area (Å²) >= 11 is 0. The van der Waals surface area contributed by atoms with E-state index in [1.807, 2.05) is 52.0 Å². The SMILES string of the molecule is CC.CC.CS(=O)([O-])(O)S(=O)(=O)[O-].c1ccc2nc3c4ccccc4c4ccccc4c3nc2c1. The minimum Gasteiger partial charge on any atom is -0.759 e. The molecule has 10 heteroatoms. The average molecular weight is 517 g/mol. The summed E-state index contributed by atoms with van der Waals surface area (Å²) in [7, 11) is -11.8. The van der Waals surface area contributed by atoms with E-state index in [-0.39, 0.29) is 6.26 Å². The van der Waals surface area contributed by atoms with Gasteiger partial charge in [-0.15, -0.1) is 0 Å². The van der Waals surface area contributed by atoms with Gasteiger partial charge in [-0.2, -0.15) is 0 Å². The molecule has 0 aliphatic rings. The van der Waals surface area contributed by atoms with Crippen molar-refractivity contribution in [2.75, 3.05) is 6.26 Å². The van der Waals surface area contributed by atoms with Crippen LogP contribution in [0, 0.1) is 0 Å². The van der Waals surface area contributed by atoms with E-state index in [2.05, 4.69) is 48.5 Å². The smallest absolute Gasteiger partial charge is 0.166 e. The van der Waals surface area contributed by atoms with Crippen LogP contribution in [0.4, 0.5) is 0 Å². The molecule has 1 heterocycles. The van der Waals surface area contributed by atoms with Gasteiger partial charge in [0.05, 0.1) is 22.1 Å². The molecule has 188 valence electrons. The molecule has 0 unspecified atom stereocenters. The Labute approximate surface area is 204 Å². The number of rotatable bonds is 1. The summed E-state index contributed by atoms with van der Waals surface area (Å²) in [5.74, 6) is 0. The number of aromatic nitrogens is 2. The summed E-state index contributed by atoms with van der Waals surface area (Å²) in [4.78, 5) is 9.79. The molecule has 0 aliphatic carbocycles. The van der Waals surface area contributed by atoms with Crippen molar-refractivity contribution < 1.29 is 26.3 Å². The minimum absolute atomic E-state index is 0.0560. The van der Waals surface area contributed by atoms with Gasteiger partial charge in [-0.3, -0.25) is 4.21 Å². The van der Waals surface area contributed by atoms with E-state index in [1.165, 1.54) is 10.8 Å². The number of hydrogen-bond acceptors (Lipinski definition) is 7. The minimum atomic E-state index is -6.17. The molecule has 0 fully saturated rings. The fourth-order valence-electron chi connectivity index (χ4n) is 3.22. The molecule has 4 aromatic carbocycles. The van der Waals surface area contributed by atoms with Gasteiger partial charge in [0.2, 0.25) is 0 Å². The van der Waals surface area contributed by atoms with Crippen molar-refractivity contribution in [3.63, 3.8) is 0 Å². The van der Waals surface area contributed by atoms with E-state index < -0.39 is 17.8 Å². The predicted octanol–water partition coefficient (Wildman–Crippen LogP) is 5.64. The first-order chi connectivity index (χ1) is 16.4. The van der Waals surface area contributed by atoms with Crippen molar-refractivity contribution >= 4 is 61.4 Å². The molecule has 5 rings (SSSR count). The van der Waals surface area contributed by atoms with Crippen molar-refractivity contribution in [1.29, 1.82) is 0 Å². The molecule has 0 atom stereocenters. The van der Waals surface area contributed by atoms with Gasteiger partial charge in [0.25, 0.3) is 0 Å². The maximum absolute atomic E-state index is 9.91. The highest BCUT2D eigenvalue weighted by Crippen LogP contribution is 2.33. The Kier molecular flexibility index (Phi) is 8.64. The Morgan fingerprint density at radius 3 is 1.23 bits per heavy atom. The van der Waals surface area contributed by atoms with E-state index >= 15 is 0 Å². The highest BCUT2D eigenvalue weighted by Gasteiger charge is 2.20. The molecule has 0 aliphatic heterocycles. The van der Waals surface area contributed by atoms with Crippen molar-refractivity contribution in [3.8, 4) is 0 Å². The van der Waals surface area contributed by atoms with Crippen LogP contribution >= 0.6 is 0 Å². The summed E-state index contributed by atoms with van der Waals surface area (Å²) in [5.41, 5.74) is 3.84. The third-order valence-corrected chi connectivity index (χ3v) is 8.38. The summed E-state index contributed by atoms with van der Waals surface area (Å²) < 4.78 is 56.5. The zero-order chi connectivity index (χ0) is 26.5. The van der Waals surface area contributed by atoms with Crippen molar-refractivity contribution in [2.24, 2.45) is 0 Å². The zero-order valence-corrected chi connectivity index (χ0v) is 21.8. The third-order valence-electron chi connectivity index (χ3n) is 4.69. The highest BCUT2D eigenvalue weighted by molar-refractivity contribution is 8.74. The molecule has 35 heavy (non-hydrogen) atoms. The van der Waals surface area contributed by atoms with Crippen LogP contribution < -0.4 is 0 Å². The van der Waals surface area contributed by atoms with Gasteiger partial charge >= 0.3 is 0 Å². The molecule has 0 saturated carbocycles. The quantitative estimate of drug-likeness (QED) is 0.130. The normalized spacial score (nSPS) is 12.4. The van der Waals surface area contributed by atoms with Crippen LogP contribution in [0.5, 0.6) is 0 Å². The fraction of sp³-hybridized carbons (Fsp3) is 0.200. The second-order valence-electron chi connectivity index (χ2n) is 7.02. The van der Waals surface area contributed by atoms with Crippen LogP contribution in [0.1, 0.15) is 27.7 Å². The lowest BCUT2D eigenvalue weighted by Crippen LogP contribution is -2.38. The Morgan fingerprint density at radius 1 is 0.686 bits per heavy atom. The van der Waals surface area contributed by atoms with E-state index in [0.29, 0.717) is 0 Å². The standard InChI is InChI=1S/C20H12N2.2C2H6.CH6O6S2/c1-3-9-15-13(7-1)14-8-2-4-10-16(14)20-19(15)21-17-11-5-6-12-18(17)22-20;2*1-2;1-9(5,6,7)8(2,3)4/h1-12H;2*1-2H3;1H3,(H,2,3,4)(H2,5,6,7)/p-2. The summed E-state index contributed by atoms with van der Waals surface area (Å²) in [5, 5.41) is 4.79. The van der Waals surface area contributed by atoms with Crippen molar-refractivity contribution in [2.45, 2.75) is 27.7 Å². The third kappa shape index (κ3) is 5.98. The summed E-state index contributed by atoms with van der Waals surface area (Å²) in [6.07, 6.45) is -0.0560. The van der Waals surface area contributed by atoms with Crippen LogP contribution in [0.25, 0.3) is 43.6 Å². The van der Waals surface area contributed by atoms with Crippen LogP contribution in [-0.4, -0.2) is 42.5 Å². The molecular weight excluding hydrogens is 488 g/mol. The number of benzene rings is 4. The lowest BCUT2D eigenvalue weighted by atomic mass is 9.99. The zero-order valence-electron chi connectivity index (χ0n) is 20.1. The number of nitrogens with zero attached hydrogens (tertiary/aromatic N) is 2. The van der Waals surface area contributed by atoms with Crippen LogP contribution in [-0.2, 0) is 17.8 Å². The van der Waals surface area contributed by atoms with Crippen LogP contribution in [0.15, 0.2) is 72.8 Å². The topological polar surface area (TPSA) is 143 Å². The van der Waals surface area contributed by atoms with E-state index in [0.717, 1.165) is 32.8 Å². The van der Waals surface area contributed by atoms with Crippen LogP contribution in [0.2, 0.25) is 0 Å². The van der Waals surface area contributed by atoms with Gasteiger partial charge in [0.15, 0.2) is 9.15 Å². The maximum atomic E-state index is 9.91. The Morgan fingerprint density at radius 2 is 0.943 bits per heavy atom.